The van der Waals surface area contributed by atoms with Crippen molar-refractivity contribution in [2.75, 3.05) is 24.6 Å². The zero-order chi connectivity index (χ0) is 13.0. The molecule has 3 heteroatoms. The summed E-state index contributed by atoms with van der Waals surface area (Å²) in [5, 5.41) is 9.49. The number of rotatable bonds is 4. The highest BCUT2D eigenvalue weighted by Gasteiger charge is 2.19. The van der Waals surface area contributed by atoms with E-state index in [1.165, 1.54) is 5.69 Å². The molecule has 1 atom stereocenters. The Morgan fingerprint density at radius 1 is 1.28 bits per heavy atom. The lowest BCUT2D eigenvalue weighted by Crippen LogP contribution is -2.37. The average Bonchev–Trinajstić information content (AvgIpc) is 2.40. The number of aliphatic hydroxyl groups is 1. The van der Waals surface area contributed by atoms with Crippen LogP contribution in [0.3, 0.4) is 0 Å². The number of aliphatic hydroxyl groups excluding tert-OH is 1. The van der Waals surface area contributed by atoms with E-state index in [-0.39, 0.29) is 6.10 Å². The van der Waals surface area contributed by atoms with Crippen LogP contribution in [0, 0.1) is 0 Å². The van der Waals surface area contributed by atoms with Gasteiger partial charge in [-0.25, -0.2) is 0 Å². The fraction of sp³-hybridized carbons (Fsp3) is 0.600. The van der Waals surface area contributed by atoms with E-state index in [0.717, 1.165) is 38.1 Å². The quantitative estimate of drug-likeness (QED) is 0.890. The second-order valence-electron chi connectivity index (χ2n) is 4.91. The van der Waals surface area contributed by atoms with Crippen LogP contribution in [-0.4, -0.2) is 30.9 Å². The van der Waals surface area contributed by atoms with Gasteiger partial charge in [-0.1, -0.05) is 12.1 Å². The molecule has 1 unspecified atom stereocenters. The van der Waals surface area contributed by atoms with E-state index in [9.17, 15) is 5.11 Å². The Bertz CT molecular complexity index is 353. The zero-order valence-electron chi connectivity index (χ0n) is 11.3. The maximum absolute atomic E-state index is 9.49. The molecule has 100 valence electrons. The zero-order valence-corrected chi connectivity index (χ0v) is 11.3. The minimum absolute atomic E-state index is 0.386. The van der Waals surface area contributed by atoms with Crippen molar-refractivity contribution >= 4 is 5.69 Å². The lowest BCUT2D eigenvalue weighted by atomic mass is 10.1. The highest BCUT2D eigenvalue weighted by atomic mass is 16.5. The van der Waals surface area contributed by atoms with Gasteiger partial charge in [-0.2, -0.15) is 0 Å². The fourth-order valence-corrected chi connectivity index (χ4v) is 2.48. The van der Waals surface area contributed by atoms with Gasteiger partial charge in [0.15, 0.2) is 0 Å². The molecule has 0 aromatic heterocycles. The Balaban J connectivity index is 1.93. The van der Waals surface area contributed by atoms with Crippen LogP contribution in [0.2, 0.25) is 0 Å². The molecular weight excluding hydrogens is 226 g/mol. The lowest BCUT2D eigenvalue weighted by molar-refractivity contribution is 0.0459. The third kappa shape index (κ3) is 3.24. The predicted molar refractivity (Wildman–Crippen MR) is 73.9 cm³/mol. The first-order chi connectivity index (χ1) is 8.70. The number of ether oxygens (including phenoxy) is 1. The van der Waals surface area contributed by atoms with Gasteiger partial charge in [0.05, 0.1) is 12.2 Å². The maximum atomic E-state index is 9.49. The van der Waals surface area contributed by atoms with Crippen molar-refractivity contribution in [2.45, 2.75) is 38.9 Å². The summed E-state index contributed by atoms with van der Waals surface area (Å²) in [7, 11) is 0. The van der Waals surface area contributed by atoms with Crippen molar-refractivity contribution in [3.63, 3.8) is 0 Å². The van der Waals surface area contributed by atoms with E-state index in [0.29, 0.717) is 6.10 Å². The topological polar surface area (TPSA) is 32.7 Å². The summed E-state index contributed by atoms with van der Waals surface area (Å²) in [6.45, 7) is 6.77. The van der Waals surface area contributed by atoms with E-state index >= 15 is 0 Å². The van der Waals surface area contributed by atoms with Crippen molar-refractivity contribution in [1.82, 2.24) is 0 Å². The van der Waals surface area contributed by atoms with Crippen molar-refractivity contribution in [3.8, 4) is 0 Å². The Kier molecular flexibility index (Phi) is 4.61. The molecule has 0 aliphatic carbocycles. The van der Waals surface area contributed by atoms with Crippen LogP contribution >= 0.6 is 0 Å². The fourth-order valence-electron chi connectivity index (χ4n) is 2.48. The Labute approximate surface area is 109 Å². The molecule has 1 saturated heterocycles. The summed E-state index contributed by atoms with van der Waals surface area (Å²) in [5.74, 6) is 0. The normalized spacial score (nSPS) is 18.9. The Hall–Kier alpha value is -1.06. The smallest absolute Gasteiger partial charge is 0.0761 e. The van der Waals surface area contributed by atoms with Gasteiger partial charge in [0, 0.05) is 25.4 Å². The molecular formula is C15H23NO2. The molecule has 1 aliphatic rings. The first-order valence-electron chi connectivity index (χ1n) is 6.85. The summed E-state index contributed by atoms with van der Waals surface area (Å²) in [4.78, 5) is 2.39. The molecule has 0 radical (unpaired) electrons. The highest BCUT2D eigenvalue weighted by molar-refractivity contribution is 5.48. The van der Waals surface area contributed by atoms with E-state index in [1.54, 1.807) is 6.92 Å². The van der Waals surface area contributed by atoms with Crippen LogP contribution < -0.4 is 4.90 Å². The van der Waals surface area contributed by atoms with Crippen LogP contribution in [0.15, 0.2) is 24.3 Å². The number of anilines is 1. The summed E-state index contributed by atoms with van der Waals surface area (Å²) in [5.41, 5.74) is 2.22. The Morgan fingerprint density at radius 3 is 2.39 bits per heavy atom. The van der Waals surface area contributed by atoms with E-state index in [2.05, 4.69) is 24.0 Å². The lowest BCUT2D eigenvalue weighted by Gasteiger charge is -2.33. The minimum Gasteiger partial charge on any atom is -0.389 e. The molecule has 2 rings (SSSR count). The average molecular weight is 249 g/mol. The molecule has 1 fully saturated rings. The van der Waals surface area contributed by atoms with Gasteiger partial charge in [0.25, 0.3) is 0 Å². The first-order valence-corrected chi connectivity index (χ1v) is 6.85. The van der Waals surface area contributed by atoms with Gasteiger partial charge in [-0.05, 0) is 44.4 Å². The number of benzene rings is 1. The van der Waals surface area contributed by atoms with Crippen LogP contribution in [0.4, 0.5) is 5.69 Å². The van der Waals surface area contributed by atoms with E-state index in [4.69, 9.17) is 4.74 Å². The highest BCUT2D eigenvalue weighted by Crippen LogP contribution is 2.23. The van der Waals surface area contributed by atoms with Crippen LogP contribution in [0.5, 0.6) is 0 Å². The van der Waals surface area contributed by atoms with Gasteiger partial charge in [-0.3, -0.25) is 0 Å². The molecule has 1 aromatic carbocycles. The number of piperidine rings is 1. The van der Waals surface area contributed by atoms with Gasteiger partial charge in [0.2, 0.25) is 0 Å². The van der Waals surface area contributed by atoms with Crippen molar-refractivity contribution in [1.29, 1.82) is 0 Å². The predicted octanol–water partition coefficient (Wildman–Crippen LogP) is 2.75. The Morgan fingerprint density at radius 2 is 1.89 bits per heavy atom. The van der Waals surface area contributed by atoms with Crippen molar-refractivity contribution < 1.29 is 9.84 Å². The summed E-state index contributed by atoms with van der Waals surface area (Å²) in [6.07, 6.45) is 2.25. The molecule has 1 heterocycles. The van der Waals surface area contributed by atoms with Gasteiger partial charge >= 0.3 is 0 Å². The number of nitrogens with zero attached hydrogens (tertiary/aromatic N) is 1. The number of hydrogen-bond acceptors (Lipinski definition) is 3. The van der Waals surface area contributed by atoms with E-state index < -0.39 is 0 Å². The molecule has 0 saturated carbocycles. The third-order valence-corrected chi connectivity index (χ3v) is 3.58. The SMILES string of the molecule is CCOC1CCN(c2ccc(C(C)O)cc2)CC1. The van der Waals surface area contributed by atoms with Gasteiger partial charge < -0.3 is 14.7 Å². The summed E-state index contributed by atoms with van der Waals surface area (Å²) >= 11 is 0. The molecule has 3 nitrogen and oxygen atoms in total. The monoisotopic (exact) mass is 249 g/mol. The molecule has 1 aromatic rings. The molecule has 0 spiro atoms. The van der Waals surface area contributed by atoms with Crippen LogP contribution in [-0.2, 0) is 4.74 Å². The van der Waals surface area contributed by atoms with Crippen molar-refractivity contribution in [2.24, 2.45) is 0 Å². The maximum Gasteiger partial charge on any atom is 0.0761 e. The molecule has 1 N–H and O–H groups in total. The van der Waals surface area contributed by atoms with Crippen molar-refractivity contribution in [3.05, 3.63) is 29.8 Å². The van der Waals surface area contributed by atoms with Gasteiger partial charge in [0.1, 0.15) is 0 Å². The molecule has 0 bridgehead atoms. The summed E-state index contributed by atoms with van der Waals surface area (Å²) < 4.78 is 5.66. The molecule has 0 amide bonds. The largest absolute Gasteiger partial charge is 0.389 e. The van der Waals surface area contributed by atoms with E-state index in [1.807, 2.05) is 12.1 Å². The first kappa shape index (κ1) is 13.4. The van der Waals surface area contributed by atoms with Crippen LogP contribution in [0.1, 0.15) is 38.4 Å². The molecule has 18 heavy (non-hydrogen) atoms. The second kappa shape index (κ2) is 6.21. The second-order valence-corrected chi connectivity index (χ2v) is 4.91. The molecule has 1 aliphatic heterocycles. The minimum atomic E-state index is -0.386. The standard InChI is InChI=1S/C15H23NO2/c1-3-18-15-8-10-16(11-9-15)14-6-4-13(5-7-14)12(2)17/h4-7,12,15,17H,3,8-11H2,1-2H3. The summed E-state index contributed by atoms with van der Waals surface area (Å²) in [6, 6.07) is 8.22. The third-order valence-electron chi connectivity index (χ3n) is 3.58. The van der Waals surface area contributed by atoms with Gasteiger partial charge in [-0.15, -0.1) is 0 Å². The number of hydrogen-bond donors (Lipinski definition) is 1. The van der Waals surface area contributed by atoms with Crippen LogP contribution in [0.25, 0.3) is 0 Å².